The Balaban J connectivity index is 2.11. The Morgan fingerprint density at radius 3 is 2.38 bits per heavy atom. The lowest BCUT2D eigenvalue weighted by atomic mass is 10.1. The van der Waals surface area contributed by atoms with Crippen molar-refractivity contribution in [3.63, 3.8) is 0 Å². The standard InChI is InChI=1S/C22H26O3S/c1-4-15-26-20-12-8-17(9-13-20)21(23)14-10-18-7-11-19(24-5-2)16-22(18)25-6-3/h7-14,16H,4-6,15H2,1-3H3. The molecule has 0 saturated carbocycles. The maximum Gasteiger partial charge on any atom is 0.185 e. The Hall–Kier alpha value is -2.20. The number of ketones is 1. The first kappa shape index (κ1) is 20.1. The van der Waals surface area contributed by atoms with E-state index < -0.39 is 0 Å². The molecule has 2 aromatic carbocycles. The van der Waals surface area contributed by atoms with Gasteiger partial charge >= 0.3 is 0 Å². The molecule has 0 radical (unpaired) electrons. The number of thioether (sulfide) groups is 1. The van der Waals surface area contributed by atoms with Crippen molar-refractivity contribution in [1.29, 1.82) is 0 Å². The normalized spacial score (nSPS) is 10.9. The van der Waals surface area contributed by atoms with Crippen LogP contribution < -0.4 is 9.47 Å². The van der Waals surface area contributed by atoms with Gasteiger partial charge in [0.25, 0.3) is 0 Å². The maximum absolute atomic E-state index is 12.4. The lowest BCUT2D eigenvalue weighted by molar-refractivity contribution is 0.104. The molecule has 0 aliphatic rings. The van der Waals surface area contributed by atoms with Gasteiger partial charge in [0.05, 0.1) is 13.2 Å². The van der Waals surface area contributed by atoms with Crippen molar-refractivity contribution in [2.75, 3.05) is 19.0 Å². The lowest BCUT2D eigenvalue weighted by Crippen LogP contribution is -1.97. The summed E-state index contributed by atoms with van der Waals surface area (Å²) < 4.78 is 11.2. The fourth-order valence-electron chi connectivity index (χ4n) is 2.39. The highest BCUT2D eigenvalue weighted by atomic mass is 32.2. The second-order valence-corrected chi connectivity index (χ2v) is 6.80. The predicted molar refractivity (Wildman–Crippen MR) is 110 cm³/mol. The van der Waals surface area contributed by atoms with Gasteiger partial charge in [0, 0.05) is 22.1 Å². The van der Waals surface area contributed by atoms with Crippen molar-refractivity contribution in [2.45, 2.75) is 32.1 Å². The third-order valence-electron chi connectivity index (χ3n) is 3.62. The Kier molecular flexibility index (Phi) is 8.29. The van der Waals surface area contributed by atoms with E-state index in [2.05, 4.69) is 6.92 Å². The van der Waals surface area contributed by atoms with E-state index in [1.807, 2.05) is 56.3 Å². The molecule has 0 saturated heterocycles. The number of carbonyl (C=O) groups excluding carboxylic acids is 1. The zero-order chi connectivity index (χ0) is 18.8. The summed E-state index contributed by atoms with van der Waals surface area (Å²) in [6.45, 7) is 7.20. The van der Waals surface area contributed by atoms with Gasteiger partial charge in [0.15, 0.2) is 5.78 Å². The average molecular weight is 371 g/mol. The molecule has 2 aromatic rings. The summed E-state index contributed by atoms with van der Waals surface area (Å²) in [6, 6.07) is 13.4. The highest BCUT2D eigenvalue weighted by Gasteiger charge is 2.06. The lowest BCUT2D eigenvalue weighted by Gasteiger charge is -2.10. The first-order valence-electron chi connectivity index (χ1n) is 9.02. The van der Waals surface area contributed by atoms with Crippen LogP contribution >= 0.6 is 11.8 Å². The second-order valence-electron chi connectivity index (χ2n) is 5.64. The van der Waals surface area contributed by atoms with E-state index in [9.17, 15) is 4.79 Å². The number of ether oxygens (including phenoxy) is 2. The molecular formula is C22H26O3S. The monoisotopic (exact) mass is 370 g/mol. The Bertz CT molecular complexity index is 736. The topological polar surface area (TPSA) is 35.5 Å². The molecule has 0 amide bonds. The zero-order valence-electron chi connectivity index (χ0n) is 15.7. The average Bonchev–Trinajstić information content (AvgIpc) is 2.66. The largest absolute Gasteiger partial charge is 0.494 e. The third-order valence-corrected chi connectivity index (χ3v) is 4.84. The number of hydrogen-bond donors (Lipinski definition) is 0. The SMILES string of the molecule is CCCSc1ccc(C(=O)C=Cc2ccc(OCC)cc2OCC)cc1. The Morgan fingerprint density at radius 2 is 1.73 bits per heavy atom. The van der Waals surface area contributed by atoms with Crippen LogP contribution in [0.4, 0.5) is 0 Å². The minimum Gasteiger partial charge on any atom is -0.494 e. The number of allylic oxidation sites excluding steroid dienone is 1. The van der Waals surface area contributed by atoms with Crippen LogP contribution in [0.15, 0.2) is 53.4 Å². The number of hydrogen-bond acceptors (Lipinski definition) is 4. The maximum atomic E-state index is 12.4. The van der Waals surface area contributed by atoms with Crippen LogP contribution in [-0.2, 0) is 0 Å². The minimum absolute atomic E-state index is 0.0200. The van der Waals surface area contributed by atoms with E-state index >= 15 is 0 Å². The van der Waals surface area contributed by atoms with E-state index in [0.717, 1.165) is 23.5 Å². The van der Waals surface area contributed by atoms with E-state index in [4.69, 9.17) is 9.47 Å². The van der Waals surface area contributed by atoms with Gasteiger partial charge in [-0.2, -0.15) is 0 Å². The van der Waals surface area contributed by atoms with Gasteiger partial charge in [0.1, 0.15) is 11.5 Å². The molecule has 2 rings (SSSR count). The van der Waals surface area contributed by atoms with Crippen molar-refractivity contribution in [2.24, 2.45) is 0 Å². The number of carbonyl (C=O) groups is 1. The van der Waals surface area contributed by atoms with Gasteiger partial charge in [-0.25, -0.2) is 0 Å². The quantitative estimate of drug-likeness (QED) is 0.297. The highest BCUT2D eigenvalue weighted by Crippen LogP contribution is 2.26. The van der Waals surface area contributed by atoms with Crippen molar-refractivity contribution in [1.82, 2.24) is 0 Å². The first-order chi connectivity index (χ1) is 12.7. The summed E-state index contributed by atoms with van der Waals surface area (Å²) in [5.41, 5.74) is 1.55. The van der Waals surface area contributed by atoms with Crippen LogP contribution in [-0.4, -0.2) is 24.7 Å². The molecule has 3 nitrogen and oxygen atoms in total. The van der Waals surface area contributed by atoms with E-state index in [1.54, 1.807) is 23.9 Å². The molecule has 4 heteroatoms. The van der Waals surface area contributed by atoms with Gasteiger partial charge in [-0.1, -0.05) is 6.92 Å². The highest BCUT2D eigenvalue weighted by molar-refractivity contribution is 7.99. The fourth-order valence-corrected chi connectivity index (χ4v) is 3.15. The molecule has 0 bridgehead atoms. The van der Waals surface area contributed by atoms with Crippen molar-refractivity contribution in [3.05, 3.63) is 59.7 Å². The molecule has 0 N–H and O–H groups in total. The Morgan fingerprint density at radius 1 is 1.00 bits per heavy atom. The van der Waals surface area contributed by atoms with Crippen LogP contribution in [0.5, 0.6) is 11.5 Å². The van der Waals surface area contributed by atoms with E-state index in [0.29, 0.717) is 24.5 Å². The van der Waals surface area contributed by atoms with E-state index in [1.165, 1.54) is 4.90 Å². The molecule has 0 atom stereocenters. The molecule has 0 spiro atoms. The van der Waals surface area contributed by atoms with Gasteiger partial charge in [-0.05, 0) is 74.6 Å². The molecule has 0 aliphatic heterocycles. The molecular weight excluding hydrogens is 344 g/mol. The summed E-state index contributed by atoms with van der Waals surface area (Å²) in [4.78, 5) is 13.6. The third kappa shape index (κ3) is 5.95. The van der Waals surface area contributed by atoms with Gasteiger partial charge in [0.2, 0.25) is 0 Å². The smallest absolute Gasteiger partial charge is 0.185 e. The predicted octanol–water partition coefficient (Wildman–Crippen LogP) is 5.88. The van der Waals surface area contributed by atoms with Crippen molar-refractivity contribution < 1.29 is 14.3 Å². The van der Waals surface area contributed by atoms with Crippen LogP contribution in [0, 0.1) is 0 Å². The van der Waals surface area contributed by atoms with Crippen LogP contribution in [0.1, 0.15) is 43.1 Å². The second kappa shape index (κ2) is 10.7. The molecule has 0 aromatic heterocycles. The molecule has 0 heterocycles. The van der Waals surface area contributed by atoms with Crippen LogP contribution in [0.25, 0.3) is 6.08 Å². The van der Waals surface area contributed by atoms with Gasteiger partial charge in [-0.3, -0.25) is 4.79 Å². The summed E-state index contributed by atoms with van der Waals surface area (Å²) in [5.74, 6) is 2.55. The van der Waals surface area contributed by atoms with E-state index in [-0.39, 0.29) is 5.78 Å². The summed E-state index contributed by atoms with van der Waals surface area (Å²) in [6.07, 6.45) is 4.52. The van der Waals surface area contributed by atoms with Crippen molar-refractivity contribution in [3.8, 4) is 11.5 Å². The zero-order valence-corrected chi connectivity index (χ0v) is 16.5. The summed E-state index contributed by atoms with van der Waals surface area (Å²) >= 11 is 1.81. The molecule has 138 valence electrons. The number of benzene rings is 2. The van der Waals surface area contributed by atoms with Crippen LogP contribution in [0.3, 0.4) is 0 Å². The van der Waals surface area contributed by atoms with Crippen molar-refractivity contribution >= 4 is 23.6 Å². The van der Waals surface area contributed by atoms with Gasteiger partial charge < -0.3 is 9.47 Å². The first-order valence-corrected chi connectivity index (χ1v) is 10.0. The number of rotatable bonds is 10. The molecule has 26 heavy (non-hydrogen) atoms. The Labute approximate surface area is 160 Å². The minimum atomic E-state index is -0.0200. The summed E-state index contributed by atoms with van der Waals surface area (Å²) in [7, 11) is 0. The molecule has 0 fully saturated rings. The fraction of sp³-hybridized carbons (Fsp3) is 0.318. The molecule has 0 unspecified atom stereocenters. The van der Waals surface area contributed by atoms with Crippen LogP contribution in [0.2, 0.25) is 0 Å². The molecule has 0 aliphatic carbocycles. The summed E-state index contributed by atoms with van der Waals surface area (Å²) in [5, 5.41) is 0. The van der Waals surface area contributed by atoms with Gasteiger partial charge in [-0.15, -0.1) is 11.8 Å².